The minimum absolute atomic E-state index is 0.280. The van der Waals surface area contributed by atoms with Gasteiger partial charge < -0.3 is 18.9 Å². The Bertz CT molecular complexity index is 890. The second kappa shape index (κ2) is 6.24. The van der Waals surface area contributed by atoms with Crippen LogP contribution in [0.2, 0.25) is 0 Å². The van der Waals surface area contributed by atoms with Crippen molar-refractivity contribution < 1.29 is 18.9 Å². The number of aliphatic imine (C=N–C) groups is 1. The maximum atomic E-state index is 5.60. The van der Waals surface area contributed by atoms with Crippen molar-refractivity contribution in [2.45, 2.75) is 32.2 Å². The Morgan fingerprint density at radius 2 is 1.88 bits per heavy atom. The van der Waals surface area contributed by atoms with E-state index >= 15 is 0 Å². The first kappa shape index (κ1) is 16.8. The van der Waals surface area contributed by atoms with E-state index in [1.54, 1.807) is 14.2 Å². The van der Waals surface area contributed by atoms with E-state index in [2.05, 4.69) is 32.0 Å². The maximum absolute atomic E-state index is 5.60. The second-order valence-corrected chi connectivity index (χ2v) is 6.80. The fraction of sp³-hybridized carbons (Fsp3) is 0.381. The standard InChI is InChI=1S/C21H23NO4/c1-5-13-8-18-19(26-12-25-18)9-16(13)21(2)10-14-6-7-17(23-3)20(24-4)15(14)11-22-21/h6-9,11H,5,10,12H2,1-4H3. The summed E-state index contributed by atoms with van der Waals surface area (Å²) in [5.41, 5.74) is 4.24. The quantitative estimate of drug-likeness (QED) is 0.837. The molecule has 0 aliphatic carbocycles. The lowest BCUT2D eigenvalue weighted by Gasteiger charge is -2.32. The molecule has 0 radical (unpaired) electrons. The molecule has 0 saturated heterocycles. The van der Waals surface area contributed by atoms with Crippen molar-refractivity contribution in [2.75, 3.05) is 21.0 Å². The number of ether oxygens (including phenoxy) is 4. The van der Waals surface area contributed by atoms with E-state index < -0.39 is 0 Å². The molecule has 2 aliphatic heterocycles. The molecule has 0 aromatic heterocycles. The van der Waals surface area contributed by atoms with Gasteiger partial charge in [-0.2, -0.15) is 0 Å². The van der Waals surface area contributed by atoms with Gasteiger partial charge in [0.05, 0.1) is 19.8 Å². The van der Waals surface area contributed by atoms with Gasteiger partial charge in [0.15, 0.2) is 23.0 Å². The van der Waals surface area contributed by atoms with Gasteiger partial charge >= 0.3 is 0 Å². The number of hydrogen-bond acceptors (Lipinski definition) is 5. The van der Waals surface area contributed by atoms with Crippen LogP contribution in [0.3, 0.4) is 0 Å². The van der Waals surface area contributed by atoms with Gasteiger partial charge in [-0.3, -0.25) is 4.99 Å². The molecular weight excluding hydrogens is 330 g/mol. The van der Waals surface area contributed by atoms with Crippen LogP contribution in [-0.4, -0.2) is 27.2 Å². The molecule has 1 atom stereocenters. The molecule has 0 N–H and O–H groups in total. The fourth-order valence-electron chi connectivity index (χ4n) is 3.85. The molecule has 136 valence electrons. The number of aryl methyl sites for hydroxylation is 1. The van der Waals surface area contributed by atoms with Crippen LogP contribution in [0.25, 0.3) is 0 Å². The zero-order valence-corrected chi connectivity index (χ0v) is 15.6. The first-order chi connectivity index (χ1) is 12.6. The summed E-state index contributed by atoms with van der Waals surface area (Å²) in [5.74, 6) is 3.07. The lowest BCUT2D eigenvalue weighted by Crippen LogP contribution is -2.28. The summed E-state index contributed by atoms with van der Waals surface area (Å²) in [5, 5.41) is 0. The summed E-state index contributed by atoms with van der Waals surface area (Å²) < 4.78 is 22.1. The maximum Gasteiger partial charge on any atom is 0.231 e. The lowest BCUT2D eigenvalue weighted by molar-refractivity contribution is 0.174. The molecule has 26 heavy (non-hydrogen) atoms. The van der Waals surface area contributed by atoms with E-state index in [1.165, 1.54) is 16.7 Å². The Hall–Kier alpha value is -2.69. The minimum atomic E-state index is -0.362. The van der Waals surface area contributed by atoms with E-state index in [0.29, 0.717) is 0 Å². The number of benzene rings is 2. The Morgan fingerprint density at radius 3 is 2.58 bits per heavy atom. The highest BCUT2D eigenvalue weighted by atomic mass is 16.7. The van der Waals surface area contributed by atoms with Gasteiger partial charge in [0.2, 0.25) is 6.79 Å². The van der Waals surface area contributed by atoms with Gasteiger partial charge in [-0.1, -0.05) is 13.0 Å². The molecule has 0 amide bonds. The van der Waals surface area contributed by atoms with Crippen LogP contribution in [0, 0.1) is 0 Å². The van der Waals surface area contributed by atoms with Gasteiger partial charge in [-0.25, -0.2) is 0 Å². The van der Waals surface area contributed by atoms with Gasteiger partial charge in [0.25, 0.3) is 0 Å². The molecule has 0 saturated carbocycles. The number of hydrogen-bond donors (Lipinski definition) is 0. The average molecular weight is 353 g/mol. The molecule has 4 rings (SSSR count). The summed E-state index contributed by atoms with van der Waals surface area (Å²) in [4.78, 5) is 4.93. The topological polar surface area (TPSA) is 49.3 Å². The van der Waals surface area contributed by atoms with Crippen molar-refractivity contribution in [1.29, 1.82) is 0 Å². The van der Waals surface area contributed by atoms with Crippen molar-refractivity contribution in [3.05, 3.63) is 46.5 Å². The number of nitrogens with zero attached hydrogens (tertiary/aromatic N) is 1. The van der Waals surface area contributed by atoms with Gasteiger partial charge in [0.1, 0.15) is 0 Å². The summed E-state index contributed by atoms with van der Waals surface area (Å²) >= 11 is 0. The summed E-state index contributed by atoms with van der Waals surface area (Å²) in [6, 6.07) is 8.23. The zero-order valence-electron chi connectivity index (χ0n) is 15.6. The molecule has 0 spiro atoms. The number of fused-ring (bicyclic) bond motifs is 2. The molecule has 5 heteroatoms. The van der Waals surface area contributed by atoms with Crippen LogP contribution >= 0.6 is 0 Å². The molecule has 2 aromatic carbocycles. The molecule has 0 fully saturated rings. The van der Waals surface area contributed by atoms with Crippen LogP contribution in [-0.2, 0) is 18.4 Å². The van der Waals surface area contributed by atoms with Crippen LogP contribution in [0.4, 0.5) is 0 Å². The number of rotatable bonds is 4. The highest BCUT2D eigenvalue weighted by Gasteiger charge is 2.34. The molecule has 0 bridgehead atoms. The first-order valence-electron chi connectivity index (χ1n) is 8.81. The molecule has 2 aliphatic rings. The number of methoxy groups -OCH3 is 2. The molecule has 1 unspecified atom stereocenters. The van der Waals surface area contributed by atoms with Crippen molar-refractivity contribution in [1.82, 2.24) is 0 Å². The average Bonchev–Trinajstić information content (AvgIpc) is 3.13. The Balaban J connectivity index is 1.80. The Kier molecular flexibility index (Phi) is 4.02. The highest BCUT2D eigenvalue weighted by Crippen LogP contribution is 2.44. The largest absolute Gasteiger partial charge is 0.493 e. The monoisotopic (exact) mass is 353 g/mol. The van der Waals surface area contributed by atoms with Crippen molar-refractivity contribution in [3.8, 4) is 23.0 Å². The summed E-state index contributed by atoms with van der Waals surface area (Å²) in [7, 11) is 3.31. The lowest BCUT2D eigenvalue weighted by atomic mass is 9.79. The summed E-state index contributed by atoms with van der Waals surface area (Å²) in [6.07, 6.45) is 3.60. The van der Waals surface area contributed by atoms with Crippen molar-refractivity contribution in [3.63, 3.8) is 0 Å². The van der Waals surface area contributed by atoms with Gasteiger partial charge in [0, 0.05) is 18.2 Å². The van der Waals surface area contributed by atoms with Gasteiger partial charge in [-0.15, -0.1) is 0 Å². The van der Waals surface area contributed by atoms with E-state index in [-0.39, 0.29) is 12.3 Å². The van der Waals surface area contributed by atoms with Crippen LogP contribution in [0.15, 0.2) is 29.3 Å². The third-order valence-corrected chi connectivity index (χ3v) is 5.25. The normalized spacial score (nSPS) is 20.0. The second-order valence-electron chi connectivity index (χ2n) is 6.80. The molecular formula is C21H23NO4. The fourth-order valence-corrected chi connectivity index (χ4v) is 3.85. The van der Waals surface area contributed by atoms with Crippen LogP contribution in [0.1, 0.15) is 36.1 Å². The smallest absolute Gasteiger partial charge is 0.231 e. The van der Waals surface area contributed by atoms with Gasteiger partial charge in [-0.05, 0) is 48.2 Å². The predicted molar refractivity (Wildman–Crippen MR) is 100 cm³/mol. The zero-order chi connectivity index (χ0) is 18.3. The summed E-state index contributed by atoms with van der Waals surface area (Å²) in [6.45, 7) is 4.60. The molecule has 5 nitrogen and oxygen atoms in total. The highest BCUT2D eigenvalue weighted by molar-refractivity contribution is 5.89. The SMILES string of the molecule is CCc1cc2c(cc1C1(C)Cc3ccc(OC)c(OC)c3C=N1)OCO2. The minimum Gasteiger partial charge on any atom is -0.493 e. The van der Waals surface area contributed by atoms with E-state index in [0.717, 1.165) is 41.4 Å². The van der Waals surface area contributed by atoms with E-state index in [4.69, 9.17) is 23.9 Å². The first-order valence-corrected chi connectivity index (χ1v) is 8.81. The van der Waals surface area contributed by atoms with Crippen LogP contribution in [0.5, 0.6) is 23.0 Å². The van der Waals surface area contributed by atoms with Crippen LogP contribution < -0.4 is 18.9 Å². The van der Waals surface area contributed by atoms with E-state index in [1.807, 2.05) is 12.3 Å². The van der Waals surface area contributed by atoms with E-state index in [9.17, 15) is 0 Å². The Labute approximate surface area is 153 Å². The van der Waals surface area contributed by atoms with Crippen molar-refractivity contribution in [2.24, 2.45) is 4.99 Å². The molecule has 2 heterocycles. The van der Waals surface area contributed by atoms with Crippen molar-refractivity contribution >= 4 is 6.21 Å². The Morgan fingerprint density at radius 1 is 1.12 bits per heavy atom. The predicted octanol–water partition coefficient (Wildman–Crippen LogP) is 3.89. The third kappa shape index (κ3) is 2.50. The third-order valence-electron chi connectivity index (χ3n) is 5.25. The molecule has 2 aromatic rings.